The Balaban J connectivity index is 0.000000127. The number of carbonyl (C=O) groups is 8. The van der Waals surface area contributed by atoms with Crippen molar-refractivity contribution in [2.45, 2.75) is 133 Å². The third-order valence-corrected chi connectivity index (χ3v) is 87.9. The summed E-state index contributed by atoms with van der Waals surface area (Å²) in [5.41, 5.74) is 9.42. The van der Waals surface area contributed by atoms with Crippen molar-refractivity contribution < 1.29 is 63.6 Å². The van der Waals surface area contributed by atoms with Gasteiger partial charge in [-0.05, 0) is 152 Å². The normalized spacial score (nSPS) is 25.1. The molecule has 0 aromatic heterocycles. The molecule has 2 bridgehead atoms. The zero-order valence-electron chi connectivity index (χ0n) is 76.7. The molecular weight excluding hydrogens is 2530 g/mol. The number of hydrogen-bond donors (Lipinski definition) is 2. The monoisotopic (exact) mass is 2610 g/mol. The van der Waals surface area contributed by atoms with Crippen LogP contribution in [0.5, 0.6) is 0 Å². The van der Waals surface area contributed by atoms with E-state index < -0.39 is 118 Å². The number of rotatable bonds is 11. The Morgan fingerprint density at radius 1 is 0.365 bits per heavy atom. The molecule has 774 valence electrons. The van der Waals surface area contributed by atoms with Crippen LogP contribution in [0, 0.1) is 0 Å². The largest absolute Gasteiger partial charge is 0.322 e. The van der Waals surface area contributed by atoms with Crippen LogP contribution in [0.1, 0.15) is 83.2 Å². The van der Waals surface area contributed by atoms with Crippen LogP contribution in [0.4, 0.5) is 17.1 Å². The van der Waals surface area contributed by atoms with Crippen molar-refractivity contribution in [3.05, 3.63) is 305 Å². The first-order chi connectivity index (χ1) is 71.3. The highest BCUT2D eigenvalue weighted by molar-refractivity contribution is 8.79. The fourth-order valence-corrected chi connectivity index (χ4v) is 91.0. The molecule has 0 saturated carbocycles. The van der Waals surface area contributed by atoms with Crippen LogP contribution >= 0.6 is 70.4 Å². The van der Waals surface area contributed by atoms with Crippen LogP contribution in [0.2, 0.25) is 0 Å². The minimum Gasteiger partial charge on any atom is -0.322 e. The summed E-state index contributed by atoms with van der Waals surface area (Å²) in [5, 5.41) is -3.77. The summed E-state index contributed by atoms with van der Waals surface area (Å²) in [7, 11) is 34.8. The number of sulfonamides is 3. The smallest absolute Gasteiger partial charge is 0.266 e. The number of benzene rings is 9. The molecule has 8 fully saturated rings. The summed E-state index contributed by atoms with van der Waals surface area (Å²) in [6.45, 7) is 2.65. The number of amides is 6. The van der Waals surface area contributed by atoms with Gasteiger partial charge >= 0.3 is 0 Å². The number of likely N-dealkylation sites (N-methyl/N-ethyl adjacent to an activating group) is 3. The Morgan fingerprint density at radius 3 is 1.07 bits per heavy atom. The molecule has 8 saturated heterocycles. The van der Waals surface area contributed by atoms with Gasteiger partial charge in [-0.1, -0.05) is 234 Å². The Labute approximate surface area is 957 Å². The highest BCUT2D eigenvalue weighted by Crippen LogP contribution is 2.73. The number of thioether (sulfide) groups is 2. The molecule has 148 heavy (non-hydrogen) atoms. The number of thiol groups is 2. The lowest BCUT2D eigenvalue weighted by molar-refractivity contribution is -0.158. The maximum Gasteiger partial charge on any atom is 0.266 e. The second-order valence-corrected chi connectivity index (χ2v) is 86.8. The summed E-state index contributed by atoms with van der Waals surface area (Å²) < 4.78 is 91.7. The van der Waals surface area contributed by atoms with E-state index in [0.29, 0.717) is 60.1 Å². The molecule has 23 rings (SSSR count). The number of piperazine rings is 3. The zero-order valence-corrected chi connectivity index (χ0v) is 105. The van der Waals surface area contributed by atoms with E-state index in [4.69, 9.17) is 35.0 Å². The molecule has 6 amide bonds. The van der Waals surface area contributed by atoms with Crippen LogP contribution in [0.25, 0.3) is 16.7 Å². The van der Waals surface area contributed by atoms with Crippen molar-refractivity contribution in [3.63, 3.8) is 0 Å². The fraction of sp³-hybridized carbons (Fsp3) is 0.253. The van der Waals surface area contributed by atoms with Gasteiger partial charge < -0.3 is 14.7 Å². The van der Waals surface area contributed by atoms with Crippen LogP contribution in [0.15, 0.2) is 270 Å². The van der Waals surface area contributed by atoms with Crippen LogP contribution in [-0.4, -0.2) is 171 Å². The minimum absolute atomic E-state index is 0.0238. The highest BCUT2D eigenvalue weighted by Gasteiger charge is 2.80. The highest BCUT2D eigenvalue weighted by atomic mass is 33.5. The summed E-state index contributed by atoms with van der Waals surface area (Å²) >= 11 is 20.4. The second-order valence-electron chi connectivity index (χ2n) is 34.2. The Kier molecular flexibility index (Phi) is 34.9. The maximum atomic E-state index is 14.8. The van der Waals surface area contributed by atoms with Gasteiger partial charge in [0, 0.05) is 281 Å². The van der Waals surface area contributed by atoms with E-state index in [2.05, 4.69) is 49.1 Å². The Morgan fingerprint density at radius 2 is 0.696 bits per heavy atom. The maximum absolute atomic E-state index is 14.8. The molecule has 3 aliphatic carbocycles. The predicted molar refractivity (Wildman–Crippen MR) is 664 cm³/mol. The van der Waals surface area contributed by atoms with Gasteiger partial charge in [0.1, 0.15) is 18.5 Å². The molecule has 9 aromatic rings. The van der Waals surface area contributed by atoms with Gasteiger partial charge in [-0.25, -0.2) is 38.2 Å². The predicted octanol–water partition coefficient (Wildman–Crippen LogP) is 12.2. The number of hydrogen-bond acceptors (Lipinski definition) is 22. The van der Waals surface area contributed by atoms with Gasteiger partial charge in [-0.3, -0.25) is 53.1 Å². The molecule has 12 atom stereocenters. The standard InChI is InChI=1S/C33H29N3O6S3.C29H23N3O4S3.C29H25N3O4S3.S25/c1-20(37)43-29-28(39)35-30-32(25-18-17-22-11-7-8-14-24(22)25,19-33(35,44-21(2)38)31(40)34(29)3)26-15-9-10-16-27(26)36(30)45(41,42)23-12-5-4-6-13-23;1-30-25-24(33)31-26-28(17-29(31,27(30)34)38-37-25,21-16-15-18-9-5-6-12-20(18)21)22-13-7-8-14-23(22)32(26)39(35,36)19-10-3-2-4-11-19;1-30-25(37)24(33)31-26-28(17-29(31,38)27(30)34,21-16-15-18-9-5-6-12-20(18)21)22-13-7-8-14-23(22)32(26)39(35,36)19-10-3-2-4-11-19;1-3-5-7-9-11-13-15-17-19-21-23-25-24-22-20-18-16-14-12-10-8-6-4-2/h4-16,18,29-30H,17,19H2,1-3H3;2-14,16,25-26H,15,17H2,1H3;2-14,16,25-26,37-38H,15,17H2,1H3;/t29-,30-,32-,33-;2*25-,26-,28-,29-;/m000./s1. The minimum atomic E-state index is -4.33. The van der Waals surface area contributed by atoms with Crippen molar-refractivity contribution in [1.29, 1.82) is 0 Å². The molecule has 0 unspecified atom stereocenters. The van der Waals surface area contributed by atoms with Crippen molar-refractivity contribution >= 4 is 407 Å². The topological polar surface area (TPSA) is 268 Å². The third-order valence-electron chi connectivity index (χ3n) is 27.0. The Bertz CT molecular complexity index is 8720. The molecular formula is C91H77N9O14S34. The third kappa shape index (κ3) is 19.5. The first-order valence-corrected chi connectivity index (χ1v) is 85.0. The SMILES string of the molecule is CC(=O)S[C@H]1C(=O)N2[C@H]3N(S(=O)(=O)c4ccccc4)c4ccccc4[C@@]3(C3=CCc4ccccc43)C[C@]2(SC(C)=O)C(=O)N1C.CN1C(=O)[C@@]2(S)C[C@]3(C4=CCc5ccccc54)c4ccccc4N(S(=O)(=O)c4ccccc4)[C@@H]3N2C(=O)[C@@H]1S.CN1C(=O)[C@@]23C[C@]4(C5=CCc6ccccc65)c5ccccc5N(S(=O)(=O)c5ccccc5)[C@@H]4N2C(=O)[C@@H]1SS3.S=S=S=S=S=S=S=S=S=S=S=S=S=S=S=S=S=S=S=S=S=S=S=S=S. The van der Waals surface area contributed by atoms with Crippen molar-refractivity contribution in [2.24, 2.45) is 0 Å². The molecule has 14 aliphatic rings. The zero-order chi connectivity index (χ0) is 104. The van der Waals surface area contributed by atoms with E-state index in [0.717, 1.165) is 73.0 Å². The average Bonchev–Trinajstić information content (AvgIpc) is 1.37. The van der Waals surface area contributed by atoms with E-state index in [-0.39, 0.29) is 50.4 Å². The van der Waals surface area contributed by atoms with Crippen LogP contribution < -0.4 is 12.9 Å². The number of fused-ring (bicyclic) bond motifs is 18. The molecule has 0 radical (unpaired) electrons. The van der Waals surface area contributed by atoms with Gasteiger partial charge in [-0.15, -0.1) is 25.3 Å². The Hall–Kier alpha value is -4.79. The van der Waals surface area contributed by atoms with Gasteiger partial charge in [-0.2, -0.15) is 0 Å². The number of allylic oxidation sites excluding steroid dienone is 3. The van der Waals surface area contributed by atoms with Crippen molar-refractivity contribution in [3.8, 4) is 0 Å². The van der Waals surface area contributed by atoms with Crippen LogP contribution in [0.3, 0.4) is 0 Å². The van der Waals surface area contributed by atoms with Gasteiger partial charge in [0.05, 0.1) is 48.0 Å². The average molecular weight is 2610 g/mol. The van der Waals surface area contributed by atoms with Gasteiger partial charge in [0.2, 0.25) is 0 Å². The van der Waals surface area contributed by atoms with E-state index in [1.54, 1.807) is 239 Å². The van der Waals surface area contributed by atoms with E-state index in [1.807, 2.05) is 165 Å². The quantitative estimate of drug-likeness (QED) is 0.0900. The number of nitrogens with zero attached hydrogens (tertiary/aromatic N) is 9. The molecule has 23 nitrogen and oxygen atoms in total. The van der Waals surface area contributed by atoms with Gasteiger partial charge in [0.15, 0.2) is 41.0 Å². The second kappa shape index (κ2) is 46.4. The molecule has 11 aliphatic heterocycles. The summed E-state index contributed by atoms with van der Waals surface area (Å²) in [4.78, 5) is 115. The lowest BCUT2D eigenvalue weighted by atomic mass is 9.70. The molecule has 57 heteroatoms. The van der Waals surface area contributed by atoms with E-state index >= 15 is 0 Å². The van der Waals surface area contributed by atoms with Crippen molar-refractivity contribution in [2.75, 3.05) is 34.1 Å². The van der Waals surface area contributed by atoms with Gasteiger partial charge in [0.25, 0.3) is 65.5 Å². The first kappa shape index (κ1) is 111. The first-order valence-electron chi connectivity index (χ1n) is 43.8. The number of carbonyl (C=O) groups excluding carboxylic acids is 8. The van der Waals surface area contributed by atoms with Crippen molar-refractivity contribution in [1.82, 2.24) is 29.4 Å². The number of anilines is 3. The molecule has 11 heterocycles. The summed E-state index contributed by atoms with van der Waals surface area (Å²) in [6.07, 6.45) is 5.45. The summed E-state index contributed by atoms with van der Waals surface area (Å²) in [6, 6.07) is 70.6. The summed E-state index contributed by atoms with van der Waals surface area (Å²) in [5.74, 6) is -2.36. The number of para-hydroxylation sites is 3. The lowest BCUT2D eigenvalue weighted by Gasteiger charge is -2.53. The fourth-order valence-electron chi connectivity index (χ4n) is 21.9. The molecule has 0 N–H and O–H groups in total. The van der Waals surface area contributed by atoms with E-state index in [9.17, 15) is 63.6 Å². The van der Waals surface area contributed by atoms with E-state index in [1.165, 1.54) is 117 Å². The molecule has 1 spiro atoms. The molecule has 9 aromatic carbocycles. The lowest BCUT2D eigenvalue weighted by Crippen LogP contribution is -2.72. The van der Waals surface area contributed by atoms with Crippen LogP contribution in [-0.2, 0) is 331 Å².